The highest BCUT2D eigenvalue weighted by atomic mass is 15.6. The molecule has 2 aromatic rings. The van der Waals surface area contributed by atoms with E-state index in [9.17, 15) is 0 Å². The summed E-state index contributed by atoms with van der Waals surface area (Å²) in [5, 5.41) is 5.26. The fraction of sp³-hybridized carbons (Fsp3) is 0.615. The number of anilines is 2. The van der Waals surface area contributed by atoms with Crippen LogP contribution in [0.4, 0.5) is 11.8 Å². The van der Waals surface area contributed by atoms with E-state index in [-0.39, 0.29) is 0 Å². The van der Waals surface area contributed by atoms with Gasteiger partial charge in [0.2, 0.25) is 5.95 Å². The number of aromatic amines is 1. The smallest absolute Gasteiger partial charge is 0.226 e. The van der Waals surface area contributed by atoms with Crippen molar-refractivity contribution in [1.82, 2.24) is 24.9 Å². The third-order valence-corrected chi connectivity index (χ3v) is 3.94. The predicted molar refractivity (Wildman–Crippen MR) is 79.5 cm³/mol. The average molecular weight is 275 g/mol. The fourth-order valence-corrected chi connectivity index (χ4v) is 2.79. The Labute approximate surface area is 118 Å². The van der Waals surface area contributed by atoms with Crippen LogP contribution in [0.5, 0.6) is 0 Å². The first-order chi connectivity index (χ1) is 9.69. The summed E-state index contributed by atoms with van der Waals surface area (Å²) in [5.74, 6) is 1.35. The number of hydrogen-bond donors (Lipinski definition) is 3. The van der Waals surface area contributed by atoms with Gasteiger partial charge < -0.3 is 15.7 Å². The average Bonchev–Trinajstić information content (AvgIpc) is 2.91. The first-order valence-electron chi connectivity index (χ1n) is 7.13. The van der Waals surface area contributed by atoms with Gasteiger partial charge in [0.25, 0.3) is 0 Å². The number of fused-ring (bicyclic) bond motifs is 1. The van der Waals surface area contributed by atoms with Gasteiger partial charge >= 0.3 is 0 Å². The van der Waals surface area contributed by atoms with Gasteiger partial charge in [-0.15, -0.1) is 0 Å². The molecule has 0 saturated carbocycles. The van der Waals surface area contributed by atoms with E-state index >= 15 is 0 Å². The number of rotatable bonds is 3. The lowest BCUT2D eigenvalue weighted by molar-refractivity contribution is 0.135. The largest absolute Gasteiger partial charge is 0.357 e. The van der Waals surface area contributed by atoms with Crippen molar-refractivity contribution in [3.8, 4) is 0 Å². The summed E-state index contributed by atoms with van der Waals surface area (Å²) in [5.41, 5.74) is 4.97. The van der Waals surface area contributed by atoms with Crippen molar-refractivity contribution in [3.05, 3.63) is 6.33 Å². The molecule has 3 heterocycles. The number of nitrogens with one attached hydrogen (secondary N) is 3. The molecule has 1 fully saturated rings. The second-order valence-corrected chi connectivity index (χ2v) is 5.39. The third kappa shape index (κ3) is 2.29. The summed E-state index contributed by atoms with van der Waals surface area (Å²) in [6, 6.07) is 0.981. The predicted octanol–water partition coefficient (Wildman–Crippen LogP) is 1.98. The second kappa shape index (κ2) is 5.24. The molecule has 3 N–H and O–H groups in total. The van der Waals surface area contributed by atoms with Gasteiger partial charge in [-0.2, -0.15) is 9.97 Å². The van der Waals surface area contributed by atoms with Gasteiger partial charge in [-0.1, -0.05) is 6.42 Å². The molecule has 0 aliphatic carbocycles. The summed E-state index contributed by atoms with van der Waals surface area (Å²) in [7, 11) is 1.81. The van der Waals surface area contributed by atoms with Crippen molar-refractivity contribution in [2.75, 3.05) is 17.8 Å². The maximum atomic E-state index is 4.51. The van der Waals surface area contributed by atoms with Gasteiger partial charge in [-0.3, -0.25) is 0 Å². The van der Waals surface area contributed by atoms with Crippen LogP contribution in [0.25, 0.3) is 11.2 Å². The van der Waals surface area contributed by atoms with Crippen LogP contribution in [0.2, 0.25) is 0 Å². The summed E-state index contributed by atoms with van der Waals surface area (Å²) < 4.78 is 0. The summed E-state index contributed by atoms with van der Waals surface area (Å²) in [6.45, 7) is 4.49. The fourth-order valence-electron chi connectivity index (χ4n) is 2.79. The van der Waals surface area contributed by atoms with Crippen molar-refractivity contribution >= 4 is 22.9 Å². The van der Waals surface area contributed by atoms with Crippen LogP contribution in [-0.4, -0.2) is 44.1 Å². The van der Waals surface area contributed by atoms with Crippen molar-refractivity contribution < 1.29 is 0 Å². The topological polar surface area (TPSA) is 81.8 Å². The van der Waals surface area contributed by atoms with E-state index in [1.54, 1.807) is 6.33 Å². The SMILES string of the molecule is CNc1nc(NN2C(C)CCCC2C)c2[nH]cnc2n1. The Morgan fingerprint density at radius 1 is 1.25 bits per heavy atom. The molecule has 3 rings (SSSR count). The van der Waals surface area contributed by atoms with E-state index in [2.05, 4.69) is 49.5 Å². The molecule has 20 heavy (non-hydrogen) atoms. The second-order valence-electron chi connectivity index (χ2n) is 5.39. The lowest BCUT2D eigenvalue weighted by Crippen LogP contribution is -2.47. The molecular weight excluding hydrogens is 254 g/mol. The molecule has 108 valence electrons. The minimum absolute atomic E-state index is 0.490. The summed E-state index contributed by atoms with van der Waals surface area (Å²) >= 11 is 0. The van der Waals surface area contributed by atoms with Crippen molar-refractivity contribution in [3.63, 3.8) is 0 Å². The number of H-pyrrole nitrogens is 1. The molecule has 2 atom stereocenters. The van der Waals surface area contributed by atoms with Gasteiger partial charge in [-0.05, 0) is 26.7 Å². The Morgan fingerprint density at radius 3 is 2.70 bits per heavy atom. The van der Waals surface area contributed by atoms with E-state index in [0.29, 0.717) is 23.7 Å². The molecule has 0 radical (unpaired) electrons. The number of aromatic nitrogens is 4. The van der Waals surface area contributed by atoms with Crippen LogP contribution in [0, 0.1) is 0 Å². The Kier molecular flexibility index (Phi) is 3.43. The zero-order chi connectivity index (χ0) is 14.1. The Balaban J connectivity index is 1.94. The molecule has 0 amide bonds. The van der Waals surface area contributed by atoms with E-state index in [1.165, 1.54) is 19.3 Å². The van der Waals surface area contributed by atoms with Crippen LogP contribution >= 0.6 is 0 Å². The van der Waals surface area contributed by atoms with Gasteiger partial charge in [0.1, 0.15) is 5.52 Å². The molecule has 7 heteroatoms. The molecule has 2 unspecified atom stereocenters. The first kappa shape index (κ1) is 13.1. The molecule has 7 nitrogen and oxygen atoms in total. The lowest BCUT2D eigenvalue weighted by atomic mass is 10.00. The molecule has 0 aromatic carbocycles. The molecule has 1 aliphatic heterocycles. The van der Waals surface area contributed by atoms with Crippen LogP contribution in [0.3, 0.4) is 0 Å². The van der Waals surface area contributed by atoms with Gasteiger partial charge in [0.15, 0.2) is 11.5 Å². The Bertz CT molecular complexity index is 583. The minimum atomic E-state index is 0.490. The minimum Gasteiger partial charge on any atom is -0.357 e. The van der Waals surface area contributed by atoms with Crippen LogP contribution in [0.15, 0.2) is 6.33 Å². The van der Waals surface area contributed by atoms with E-state index < -0.39 is 0 Å². The van der Waals surface area contributed by atoms with Crippen molar-refractivity contribution in [2.24, 2.45) is 0 Å². The number of piperidine rings is 1. The zero-order valence-electron chi connectivity index (χ0n) is 12.1. The molecule has 0 spiro atoms. The summed E-state index contributed by atoms with van der Waals surface area (Å²) in [6.07, 6.45) is 5.33. The molecule has 2 aromatic heterocycles. The normalized spacial score (nSPS) is 23.9. The Morgan fingerprint density at radius 2 is 2.00 bits per heavy atom. The molecule has 0 bridgehead atoms. The zero-order valence-corrected chi connectivity index (χ0v) is 12.1. The van der Waals surface area contributed by atoms with E-state index in [1.807, 2.05) is 7.05 Å². The third-order valence-electron chi connectivity index (χ3n) is 3.94. The summed E-state index contributed by atoms with van der Waals surface area (Å²) in [4.78, 5) is 16.2. The standard InChI is InChI=1S/C13H21N7/c1-8-5-4-6-9(2)20(8)19-12-10-11(16-7-15-10)17-13(14-3)18-12/h7-9H,4-6H2,1-3H3,(H3,14,15,16,17,18,19). The number of imidazole rings is 1. The number of hydrazine groups is 1. The van der Waals surface area contributed by atoms with E-state index in [0.717, 1.165) is 11.3 Å². The Hall–Kier alpha value is -1.89. The molecule has 1 aliphatic rings. The molecule has 1 saturated heterocycles. The monoisotopic (exact) mass is 275 g/mol. The molecular formula is C13H21N7. The van der Waals surface area contributed by atoms with Gasteiger partial charge in [-0.25, -0.2) is 9.99 Å². The highest BCUT2D eigenvalue weighted by Gasteiger charge is 2.26. The van der Waals surface area contributed by atoms with Crippen molar-refractivity contribution in [1.29, 1.82) is 0 Å². The quantitative estimate of drug-likeness (QED) is 0.794. The van der Waals surface area contributed by atoms with Crippen molar-refractivity contribution in [2.45, 2.75) is 45.2 Å². The van der Waals surface area contributed by atoms with Crippen LogP contribution < -0.4 is 10.7 Å². The highest BCUT2D eigenvalue weighted by molar-refractivity contribution is 5.83. The highest BCUT2D eigenvalue weighted by Crippen LogP contribution is 2.25. The maximum Gasteiger partial charge on any atom is 0.226 e. The maximum absolute atomic E-state index is 4.51. The van der Waals surface area contributed by atoms with Crippen LogP contribution in [0.1, 0.15) is 33.1 Å². The van der Waals surface area contributed by atoms with E-state index in [4.69, 9.17) is 0 Å². The first-order valence-corrected chi connectivity index (χ1v) is 7.13. The number of nitrogens with zero attached hydrogens (tertiary/aromatic N) is 4. The lowest BCUT2D eigenvalue weighted by Gasteiger charge is -2.39. The number of hydrogen-bond acceptors (Lipinski definition) is 6. The van der Waals surface area contributed by atoms with Crippen LogP contribution in [-0.2, 0) is 0 Å². The van der Waals surface area contributed by atoms with Gasteiger partial charge in [0.05, 0.1) is 6.33 Å². The van der Waals surface area contributed by atoms with Gasteiger partial charge in [0, 0.05) is 19.1 Å².